The van der Waals surface area contributed by atoms with E-state index in [9.17, 15) is 9.18 Å². The van der Waals surface area contributed by atoms with Gasteiger partial charge >= 0.3 is 0 Å². The fourth-order valence-corrected chi connectivity index (χ4v) is 4.70. The number of hydrogen-bond donors (Lipinski definition) is 1. The van der Waals surface area contributed by atoms with Crippen LogP contribution in [0.15, 0.2) is 30.3 Å². The van der Waals surface area contributed by atoms with E-state index in [2.05, 4.69) is 9.62 Å². The summed E-state index contributed by atoms with van der Waals surface area (Å²) in [5.41, 5.74) is 3.27. The van der Waals surface area contributed by atoms with Gasteiger partial charge in [0, 0.05) is 25.9 Å². The zero-order valence-electron chi connectivity index (χ0n) is 17.3. The maximum atomic E-state index is 14.7. The molecule has 2 aromatic carbocycles. The third-order valence-corrected chi connectivity index (χ3v) is 6.88. The Balaban J connectivity index is 1.47. The minimum Gasteiger partial charge on any atom is -0.375 e. The lowest BCUT2D eigenvalue weighted by molar-refractivity contribution is -0.0305. The predicted molar refractivity (Wildman–Crippen MR) is 125 cm³/mol. The molecule has 31 heavy (non-hydrogen) atoms. The monoisotopic (exact) mass is 482 g/mol. The second-order valence-electron chi connectivity index (χ2n) is 8.12. The highest BCUT2D eigenvalue weighted by Crippen LogP contribution is 2.43. The molecule has 0 unspecified atom stereocenters. The van der Waals surface area contributed by atoms with E-state index in [1.54, 1.807) is 24.5 Å². The van der Waals surface area contributed by atoms with Gasteiger partial charge in [0.25, 0.3) is 5.91 Å². The van der Waals surface area contributed by atoms with Crippen molar-refractivity contribution in [3.8, 4) is 0 Å². The van der Waals surface area contributed by atoms with E-state index in [-0.39, 0.29) is 17.6 Å². The maximum absolute atomic E-state index is 14.7. The van der Waals surface area contributed by atoms with Gasteiger partial charge in [-0.05, 0) is 66.1 Å². The normalized spacial score (nSPS) is 19.4. The Hall–Kier alpha value is -1.31. The van der Waals surface area contributed by atoms with Gasteiger partial charge in [0.15, 0.2) is 0 Å². The highest BCUT2D eigenvalue weighted by Gasteiger charge is 2.30. The number of morpholine rings is 1. The molecule has 0 bridgehead atoms. The average molecular weight is 483 g/mol. The molecule has 1 amide bonds. The molecule has 1 saturated carbocycles. The Morgan fingerprint density at radius 3 is 2.77 bits per heavy atom. The number of rotatable bonds is 7. The van der Waals surface area contributed by atoms with E-state index in [1.165, 1.54) is 11.9 Å². The van der Waals surface area contributed by atoms with E-state index in [0.29, 0.717) is 29.1 Å². The molecule has 8 heteroatoms. The van der Waals surface area contributed by atoms with Crippen molar-refractivity contribution in [3.63, 3.8) is 0 Å². The largest absolute Gasteiger partial charge is 0.375 e. The van der Waals surface area contributed by atoms with Crippen molar-refractivity contribution >= 4 is 41.1 Å². The van der Waals surface area contributed by atoms with Gasteiger partial charge in [-0.1, -0.05) is 41.2 Å². The van der Waals surface area contributed by atoms with E-state index < -0.39 is 5.82 Å². The molecule has 2 aliphatic rings. The Morgan fingerprint density at radius 1 is 1.26 bits per heavy atom. The van der Waals surface area contributed by atoms with Crippen molar-refractivity contribution in [3.05, 3.63) is 68.4 Å². The zero-order chi connectivity index (χ0) is 22.0. The molecule has 4 rings (SSSR count). The van der Waals surface area contributed by atoms with Gasteiger partial charge in [-0.15, -0.1) is 0 Å². The number of nitrogens with one attached hydrogen (secondary N) is 1. The van der Waals surface area contributed by atoms with Gasteiger partial charge < -0.3 is 4.74 Å². The molecular formula is C23H25Cl2FN2O2S. The zero-order valence-corrected chi connectivity index (χ0v) is 19.6. The summed E-state index contributed by atoms with van der Waals surface area (Å²) in [6, 6.07) is 8.95. The van der Waals surface area contributed by atoms with E-state index in [1.807, 2.05) is 12.1 Å². The van der Waals surface area contributed by atoms with Gasteiger partial charge in [0.1, 0.15) is 5.82 Å². The van der Waals surface area contributed by atoms with Crippen LogP contribution in [0.3, 0.4) is 0 Å². The van der Waals surface area contributed by atoms with E-state index in [0.717, 1.165) is 49.0 Å². The molecule has 166 valence electrons. The van der Waals surface area contributed by atoms with Crippen LogP contribution in [0.25, 0.3) is 0 Å². The van der Waals surface area contributed by atoms with Crippen molar-refractivity contribution < 1.29 is 13.9 Å². The van der Waals surface area contributed by atoms with Crippen molar-refractivity contribution in [1.82, 2.24) is 9.62 Å². The summed E-state index contributed by atoms with van der Waals surface area (Å²) < 4.78 is 23.3. The number of hydrogen-bond acceptors (Lipinski definition) is 4. The lowest BCUT2D eigenvalue weighted by Crippen LogP contribution is -2.43. The number of benzene rings is 2. The highest BCUT2D eigenvalue weighted by molar-refractivity contribution is 7.97. The van der Waals surface area contributed by atoms with Gasteiger partial charge in [-0.2, -0.15) is 0 Å². The Kier molecular flexibility index (Phi) is 7.44. The van der Waals surface area contributed by atoms with Gasteiger partial charge in [-0.25, -0.2) is 4.39 Å². The van der Waals surface area contributed by atoms with Crippen molar-refractivity contribution in [1.29, 1.82) is 0 Å². The predicted octanol–water partition coefficient (Wildman–Crippen LogP) is 5.46. The SMILES string of the molecule is CSNC(=O)c1cc(C2CC2)c(CN2CCO[C@H](Cc3ccc(Cl)c(Cl)c3)C2)cc1F. The molecule has 1 heterocycles. The van der Waals surface area contributed by atoms with E-state index >= 15 is 0 Å². The molecule has 0 spiro atoms. The number of halogens is 3. The summed E-state index contributed by atoms with van der Waals surface area (Å²) in [5, 5.41) is 1.09. The standard InChI is InChI=1S/C23H25Cl2FN2O2S/c1-31-27-23(29)19-11-18(15-3-4-15)16(10-22(19)26)12-28-6-7-30-17(13-28)8-14-2-5-20(24)21(25)9-14/h2,5,9-11,15,17H,3-4,6-8,12-13H2,1H3,(H,27,29)/t17-/m1/s1. The minimum absolute atomic E-state index is 0.0341. The molecule has 4 nitrogen and oxygen atoms in total. The van der Waals surface area contributed by atoms with Crippen LogP contribution in [-0.4, -0.2) is 42.9 Å². The summed E-state index contributed by atoms with van der Waals surface area (Å²) in [6.45, 7) is 2.81. The molecule has 1 aliphatic heterocycles. The minimum atomic E-state index is -0.466. The van der Waals surface area contributed by atoms with Crippen LogP contribution in [0.1, 0.15) is 45.8 Å². The average Bonchev–Trinajstić information content (AvgIpc) is 3.56. The number of amides is 1. The van der Waals surface area contributed by atoms with Gasteiger partial charge in [0.05, 0.1) is 28.3 Å². The van der Waals surface area contributed by atoms with Gasteiger partial charge in [-0.3, -0.25) is 14.4 Å². The molecule has 0 aromatic heterocycles. The molecule has 1 saturated heterocycles. The van der Waals surface area contributed by atoms with Crippen LogP contribution in [0.4, 0.5) is 4.39 Å². The molecule has 2 aromatic rings. The number of carbonyl (C=O) groups is 1. The van der Waals surface area contributed by atoms with Crippen LogP contribution in [0.2, 0.25) is 10.0 Å². The number of nitrogens with zero attached hydrogens (tertiary/aromatic N) is 1. The molecule has 2 fully saturated rings. The topological polar surface area (TPSA) is 41.6 Å². The Labute approximate surface area is 196 Å². The highest BCUT2D eigenvalue weighted by atomic mass is 35.5. The van der Waals surface area contributed by atoms with Crippen LogP contribution in [0, 0.1) is 5.82 Å². The van der Waals surface area contributed by atoms with Crippen LogP contribution >= 0.6 is 35.1 Å². The smallest absolute Gasteiger partial charge is 0.264 e. The van der Waals surface area contributed by atoms with Gasteiger partial charge in [0.2, 0.25) is 0 Å². The van der Waals surface area contributed by atoms with Crippen molar-refractivity contribution in [2.24, 2.45) is 0 Å². The number of ether oxygens (including phenoxy) is 1. The van der Waals surface area contributed by atoms with Crippen LogP contribution in [-0.2, 0) is 17.7 Å². The third-order valence-electron chi connectivity index (χ3n) is 5.75. The molecule has 1 aliphatic carbocycles. The van der Waals surface area contributed by atoms with Crippen LogP contribution in [0.5, 0.6) is 0 Å². The van der Waals surface area contributed by atoms with Crippen molar-refractivity contribution in [2.75, 3.05) is 26.0 Å². The third kappa shape index (κ3) is 5.74. The second-order valence-corrected chi connectivity index (χ2v) is 9.55. The first kappa shape index (κ1) is 22.9. The second kappa shape index (κ2) is 10.1. The van der Waals surface area contributed by atoms with Crippen LogP contribution < -0.4 is 4.72 Å². The van der Waals surface area contributed by atoms with E-state index in [4.69, 9.17) is 27.9 Å². The van der Waals surface area contributed by atoms with Crippen molar-refractivity contribution in [2.45, 2.75) is 37.8 Å². The Morgan fingerprint density at radius 2 is 2.06 bits per heavy atom. The molecule has 0 radical (unpaired) electrons. The Bertz CT molecular complexity index is 971. The first-order valence-electron chi connectivity index (χ1n) is 10.4. The molecule has 1 N–H and O–H groups in total. The molecule has 1 atom stereocenters. The fraction of sp³-hybridized carbons (Fsp3) is 0.435. The summed E-state index contributed by atoms with van der Waals surface area (Å²) in [6.07, 6.45) is 4.70. The quantitative estimate of drug-likeness (QED) is 0.531. The number of carbonyl (C=O) groups excluding carboxylic acids is 1. The molecular weight excluding hydrogens is 458 g/mol. The summed E-state index contributed by atoms with van der Waals surface area (Å²) >= 11 is 13.3. The lowest BCUT2D eigenvalue weighted by Gasteiger charge is -2.33. The lowest BCUT2D eigenvalue weighted by atomic mass is 9.98. The fourth-order valence-electron chi connectivity index (χ4n) is 4.08. The first-order chi connectivity index (χ1) is 14.9. The summed E-state index contributed by atoms with van der Waals surface area (Å²) in [5.74, 6) is -0.428. The summed E-state index contributed by atoms with van der Waals surface area (Å²) in [4.78, 5) is 14.5. The maximum Gasteiger partial charge on any atom is 0.264 e. The first-order valence-corrected chi connectivity index (χ1v) is 12.4. The summed E-state index contributed by atoms with van der Waals surface area (Å²) in [7, 11) is 0.